The van der Waals surface area contributed by atoms with Crippen LogP contribution in [0.1, 0.15) is 26.3 Å². The summed E-state index contributed by atoms with van der Waals surface area (Å²) < 4.78 is 5.24. The second kappa shape index (κ2) is 6.45. The fraction of sp³-hybridized carbons (Fsp3) is 0.462. The highest BCUT2D eigenvalue weighted by Crippen LogP contribution is 2.30. The number of nitrogens with two attached hydrogens (primary N) is 1. The van der Waals surface area contributed by atoms with Crippen molar-refractivity contribution in [1.29, 1.82) is 0 Å². The van der Waals surface area contributed by atoms with Gasteiger partial charge >= 0.3 is 5.97 Å². The fourth-order valence-corrected chi connectivity index (χ4v) is 2.60. The lowest BCUT2D eigenvalue weighted by atomic mass is 10.2. The molecule has 0 heterocycles. The van der Waals surface area contributed by atoms with Crippen molar-refractivity contribution in [3.8, 4) is 0 Å². The van der Waals surface area contributed by atoms with Crippen LogP contribution in [0.25, 0.3) is 0 Å². The number of carbonyl (C=O) groups excluding carboxylic acids is 1. The summed E-state index contributed by atoms with van der Waals surface area (Å²) in [6.45, 7) is 5.93. The zero-order valence-electron chi connectivity index (χ0n) is 10.8. The SMILES string of the molecule is CC(C)(C)OC(=O)CSc1c(Cl)cccc1CN. The molecule has 0 spiro atoms. The van der Waals surface area contributed by atoms with Crippen molar-refractivity contribution in [1.82, 2.24) is 0 Å². The first-order chi connectivity index (χ1) is 8.33. The first-order valence-corrected chi connectivity index (χ1v) is 7.02. The number of rotatable bonds is 4. The van der Waals surface area contributed by atoms with Crippen LogP contribution >= 0.6 is 23.4 Å². The largest absolute Gasteiger partial charge is 0.459 e. The second-order valence-corrected chi connectivity index (χ2v) is 6.20. The molecular formula is C13H18ClNO2S. The Balaban J connectivity index is 2.66. The summed E-state index contributed by atoms with van der Waals surface area (Å²) in [6, 6.07) is 5.55. The fourth-order valence-electron chi connectivity index (χ4n) is 1.38. The van der Waals surface area contributed by atoms with E-state index in [-0.39, 0.29) is 11.7 Å². The van der Waals surface area contributed by atoms with Crippen LogP contribution in [0.3, 0.4) is 0 Å². The summed E-state index contributed by atoms with van der Waals surface area (Å²) in [4.78, 5) is 12.5. The number of hydrogen-bond acceptors (Lipinski definition) is 4. The first-order valence-electron chi connectivity index (χ1n) is 5.65. The van der Waals surface area contributed by atoms with E-state index in [2.05, 4.69) is 0 Å². The van der Waals surface area contributed by atoms with Crippen molar-refractivity contribution >= 4 is 29.3 Å². The zero-order chi connectivity index (χ0) is 13.8. The number of benzene rings is 1. The predicted octanol–water partition coefficient (Wildman–Crippen LogP) is 3.23. The van der Waals surface area contributed by atoms with Gasteiger partial charge < -0.3 is 10.5 Å². The monoisotopic (exact) mass is 287 g/mol. The molecule has 0 aliphatic rings. The lowest BCUT2D eigenvalue weighted by Crippen LogP contribution is -2.24. The van der Waals surface area contributed by atoms with Gasteiger partial charge in [-0.05, 0) is 32.4 Å². The van der Waals surface area contributed by atoms with Crippen LogP contribution in [0.5, 0.6) is 0 Å². The van der Waals surface area contributed by atoms with Crippen LogP contribution in [0.4, 0.5) is 0 Å². The minimum atomic E-state index is -0.463. The number of esters is 1. The van der Waals surface area contributed by atoms with Gasteiger partial charge in [0.25, 0.3) is 0 Å². The van der Waals surface area contributed by atoms with Gasteiger partial charge in [-0.2, -0.15) is 0 Å². The molecule has 1 aromatic rings. The summed E-state index contributed by atoms with van der Waals surface area (Å²) >= 11 is 7.46. The molecule has 100 valence electrons. The standard InChI is InChI=1S/C13H18ClNO2S/c1-13(2,3)17-11(16)8-18-12-9(7-15)5-4-6-10(12)14/h4-6H,7-8,15H2,1-3H3. The lowest BCUT2D eigenvalue weighted by Gasteiger charge is -2.19. The van der Waals surface area contributed by atoms with E-state index in [1.165, 1.54) is 11.8 Å². The number of halogens is 1. The molecule has 0 saturated carbocycles. The van der Waals surface area contributed by atoms with Crippen LogP contribution < -0.4 is 5.73 Å². The molecule has 0 atom stereocenters. The lowest BCUT2D eigenvalue weighted by molar-refractivity contribution is -0.151. The molecule has 0 aromatic heterocycles. The average Bonchev–Trinajstić information content (AvgIpc) is 2.24. The van der Waals surface area contributed by atoms with Crippen LogP contribution in [0.2, 0.25) is 5.02 Å². The highest BCUT2D eigenvalue weighted by molar-refractivity contribution is 8.00. The highest BCUT2D eigenvalue weighted by atomic mass is 35.5. The van der Waals surface area contributed by atoms with Gasteiger partial charge in [0.2, 0.25) is 0 Å². The molecule has 1 rings (SSSR count). The number of carbonyl (C=O) groups is 1. The minimum absolute atomic E-state index is 0.230. The van der Waals surface area contributed by atoms with Gasteiger partial charge in [0.05, 0.1) is 10.8 Å². The predicted molar refractivity (Wildman–Crippen MR) is 75.9 cm³/mol. The molecule has 0 amide bonds. The maximum Gasteiger partial charge on any atom is 0.316 e. The summed E-state index contributed by atoms with van der Waals surface area (Å²) in [5, 5.41) is 0.617. The highest BCUT2D eigenvalue weighted by Gasteiger charge is 2.17. The van der Waals surface area contributed by atoms with Gasteiger partial charge in [-0.25, -0.2) is 0 Å². The van der Waals surface area contributed by atoms with Crippen molar-refractivity contribution in [2.45, 2.75) is 37.8 Å². The van der Waals surface area contributed by atoms with Crippen molar-refractivity contribution in [3.05, 3.63) is 28.8 Å². The van der Waals surface area contributed by atoms with Gasteiger partial charge in [-0.3, -0.25) is 4.79 Å². The maximum absolute atomic E-state index is 11.6. The zero-order valence-corrected chi connectivity index (χ0v) is 12.4. The number of hydrogen-bond donors (Lipinski definition) is 1. The van der Waals surface area contributed by atoms with E-state index in [0.717, 1.165) is 10.5 Å². The molecule has 18 heavy (non-hydrogen) atoms. The third kappa shape index (κ3) is 4.88. The topological polar surface area (TPSA) is 52.3 Å². The van der Waals surface area contributed by atoms with Crippen molar-refractivity contribution in [2.24, 2.45) is 5.73 Å². The normalized spacial score (nSPS) is 11.4. The summed E-state index contributed by atoms with van der Waals surface area (Å²) in [6.07, 6.45) is 0. The third-order valence-corrected chi connectivity index (χ3v) is 3.60. The Hall–Kier alpha value is -0.710. The van der Waals surface area contributed by atoms with Gasteiger partial charge in [0.15, 0.2) is 0 Å². The number of thioether (sulfide) groups is 1. The third-order valence-electron chi connectivity index (χ3n) is 2.02. The quantitative estimate of drug-likeness (QED) is 0.682. The van der Waals surface area contributed by atoms with Crippen LogP contribution in [0, 0.1) is 0 Å². The van der Waals surface area contributed by atoms with Gasteiger partial charge in [0, 0.05) is 11.4 Å². The summed E-state index contributed by atoms with van der Waals surface area (Å²) in [5.41, 5.74) is 6.12. The van der Waals surface area contributed by atoms with E-state index in [1.54, 1.807) is 6.07 Å². The molecule has 0 unspecified atom stereocenters. The molecule has 0 bridgehead atoms. The van der Waals surface area contributed by atoms with E-state index in [9.17, 15) is 4.79 Å². The second-order valence-electron chi connectivity index (χ2n) is 4.81. The van der Waals surface area contributed by atoms with Crippen molar-refractivity contribution < 1.29 is 9.53 Å². The average molecular weight is 288 g/mol. The molecule has 5 heteroatoms. The Labute approximate surface area is 117 Å². The Morgan fingerprint density at radius 2 is 2.11 bits per heavy atom. The first kappa shape index (κ1) is 15.3. The van der Waals surface area contributed by atoms with E-state index >= 15 is 0 Å². The maximum atomic E-state index is 11.6. The van der Waals surface area contributed by atoms with Crippen LogP contribution in [-0.4, -0.2) is 17.3 Å². The van der Waals surface area contributed by atoms with E-state index in [1.807, 2.05) is 32.9 Å². The molecule has 0 radical (unpaired) electrons. The summed E-state index contributed by atoms with van der Waals surface area (Å²) in [5.74, 6) is -0.0241. The Kier molecular flexibility index (Phi) is 5.50. The molecule has 0 aliphatic carbocycles. The molecule has 2 N–H and O–H groups in total. The van der Waals surface area contributed by atoms with Crippen LogP contribution in [0.15, 0.2) is 23.1 Å². The molecular weight excluding hydrogens is 270 g/mol. The Bertz CT molecular complexity index is 429. The van der Waals surface area contributed by atoms with Gasteiger partial charge in [-0.1, -0.05) is 23.7 Å². The van der Waals surface area contributed by atoms with Gasteiger partial charge in [-0.15, -0.1) is 11.8 Å². The smallest absolute Gasteiger partial charge is 0.316 e. The van der Waals surface area contributed by atoms with E-state index in [4.69, 9.17) is 22.1 Å². The minimum Gasteiger partial charge on any atom is -0.459 e. The molecule has 0 fully saturated rings. The Morgan fingerprint density at radius 1 is 1.44 bits per heavy atom. The number of ether oxygens (including phenoxy) is 1. The van der Waals surface area contributed by atoms with Crippen molar-refractivity contribution in [2.75, 3.05) is 5.75 Å². The van der Waals surface area contributed by atoms with E-state index in [0.29, 0.717) is 11.6 Å². The molecule has 0 aliphatic heterocycles. The van der Waals surface area contributed by atoms with Crippen LogP contribution in [-0.2, 0) is 16.1 Å². The molecule has 3 nitrogen and oxygen atoms in total. The summed E-state index contributed by atoms with van der Waals surface area (Å²) in [7, 11) is 0. The molecule has 0 saturated heterocycles. The molecule has 1 aromatic carbocycles. The van der Waals surface area contributed by atoms with Gasteiger partial charge in [0.1, 0.15) is 5.60 Å². The Morgan fingerprint density at radius 3 is 2.67 bits per heavy atom. The van der Waals surface area contributed by atoms with E-state index < -0.39 is 5.60 Å². The van der Waals surface area contributed by atoms with Crippen molar-refractivity contribution in [3.63, 3.8) is 0 Å².